The predicted molar refractivity (Wildman–Crippen MR) is 83.0 cm³/mol. The minimum atomic E-state index is 0. The van der Waals surface area contributed by atoms with Gasteiger partial charge in [0.25, 0.3) is 0 Å². The van der Waals surface area contributed by atoms with Gasteiger partial charge in [0, 0.05) is 32.8 Å². The van der Waals surface area contributed by atoms with Gasteiger partial charge < -0.3 is 15.4 Å². The summed E-state index contributed by atoms with van der Waals surface area (Å²) in [5.74, 6) is 1.51. The van der Waals surface area contributed by atoms with Gasteiger partial charge in [-0.05, 0) is 39.0 Å². The molecule has 0 amide bonds. The summed E-state index contributed by atoms with van der Waals surface area (Å²) in [5, 5.41) is 0. The number of nitrogens with zero attached hydrogens (tertiary/aromatic N) is 2. The molecule has 0 radical (unpaired) electrons. The third kappa shape index (κ3) is 7.81. The first-order valence-corrected chi connectivity index (χ1v) is 6.40. The van der Waals surface area contributed by atoms with E-state index in [1.165, 1.54) is 12.8 Å². The quantitative estimate of drug-likeness (QED) is 0.314. The SMILES string of the molecule is CCN(CC)C(N)=NCCCOCC1CC1.I. The van der Waals surface area contributed by atoms with Crippen molar-refractivity contribution >= 4 is 29.9 Å². The van der Waals surface area contributed by atoms with Crippen LogP contribution in [0.1, 0.15) is 33.1 Å². The van der Waals surface area contributed by atoms with Crippen molar-refractivity contribution in [2.24, 2.45) is 16.6 Å². The molecule has 0 heterocycles. The van der Waals surface area contributed by atoms with Gasteiger partial charge in [-0.25, -0.2) is 0 Å². The third-order valence-electron chi connectivity index (χ3n) is 2.86. The molecule has 0 spiro atoms. The maximum Gasteiger partial charge on any atom is 0.191 e. The molecular weight excluding hydrogens is 329 g/mol. The molecule has 1 aliphatic carbocycles. The van der Waals surface area contributed by atoms with Crippen LogP contribution in [0, 0.1) is 5.92 Å². The van der Waals surface area contributed by atoms with Crippen molar-refractivity contribution < 1.29 is 4.74 Å². The Labute approximate surface area is 122 Å². The van der Waals surface area contributed by atoms with Crippen molar-refractivity contribution in [1.29, 1.82) is 0 Å². The first-order valence-electron chi connectivity index (χ1n) is 6.40. The average Bonchev–Trinajstić information content (AvgIpc) is 3.09. The molecule has 1 rings (SSSR count). The van der Waals surface area contributed by atoms with E-state index in [4.69, 9.17) is 10.5 Å². The Hall–Kier alpha value is -0.0400. The zero-order chi connectivity index (χ0) is 11.8. The second-order valence-electron chi connectivity index (χ2n) is 4.28. The fraction of sp³-hybridized carbons (Fsp3) is 0.917. The lowest BCUT2D eigenvalue weighted by molar-refractivity contribution is 0.123. The van der Waals surface area contributed by atoms with E-state index in [0.717, 1.165) is 45.2 Å². The molecule has 4 nitrogen and oxygen atoms in total. The normalized spacial score (nSPS) is 15.5. The van der Waals surface area contributed by atoms with Crippen LogP contribution in [-0.4, -0.2) is 43.7 Å². The fourth-order valence-corrected chi connectivity index (χ4v) is 1.54. The molecule has 102 valence electrons. The Morgan fingerprint density at radius 2 is 2.00 bits per heavy atom. The second-order valence-corrected chi connectivity index (χ2v) is 4.28. The molecule has 0 aromatic heterocycles. The smallest absolute Gasteiger partial charge is 0.191 e. The van der Waals surface area contributed by atoms with Crippen LogP contribution in [0.5, 0.6) is 0 Å². The van der Waals surface area contributed by atoms with Gasteiger partial charge in [0.2, 0.25) is 0 Å². The lowest BCUT2D eigenvalue weighted by Gasteiger charge is -2.19. The van der Waals surface area contributed by atoms with Crippen LogP contribution in [0.4, 0.5) is 0 Å². The van der Waals surface area contributed by atoms with E-state index in [2.05, 4.69) is 23.7 Å². The first-order chi connectivity index (χ1) is 7.77. The lowest BCUT2D eigenvalue weighted by atomic mass is 10.4. The maximum atomic E-state index is 5.85. The molecule has 0 aromatic carbocycles. The Bertz CT molecular complexity index is 216. The van der Waals surface area contributed by atoms with Gasteiger partial charge in [-0.2, -0.15) is 0 Å². The molecule has 0 aromatic rings. The maximum absolute atomic E-state index is 5.85. The third-order valence-corrected chi connectivity index (χ3v) is 2.86. The molecule has 0 saturated heterocycles. The summed E-state index contributed by atoms with van der Waals surface area (Å²) in [4.78, 5) is 6.40. The predicted octanol–water partition coefficient (Wildman–Crippen LogP) is 2.08. The number of hydrogen-bond donors (Lipinski definition) is 1. The van der Waals surface area contributed by atoms with Crippen molar-refractivity contribution in [2.45, 2.75) is 33.1 Å². The topological polar surface area (TPSA) is 50.8 Å². The van der Waals surface area contributed by atoms with E-state index in [1.54, 1.807) is 0 Å². The van der Waals surface area contributed by atoms with Crippen molar-refractivity contribution in [3.63, 3.8) is 0 Å². The highest BCUT2D eigenvalue weighted by Crippen LogP contribution is 2.28. The van der Waals surface area contributed by atoms with Crippen LogP contribution in [0.2, 0.25) is 0 Å². The van der Waals surface area contributed by atoms with Crippen molar-refractivity contribution in [3.8, 4) is 0 Å². The van der Waals surface area contributed by atoms with E-state index in [-0.39, 0.29) is 24.0 Å². The van der Waals surface area contributed by atoms with Gasteiger partial charge >= 0.3 is 0 Å². The number of guanidine groups is 1. The fourth-order valence-electron chi connectivity index (χ4n) is 1.54. The van der Waals surface area contributed by atoms with Crippen molar-refractivity contribution in [2.75, 3.05) is 32.8 Å². The van der Waals surface area contributed by atoms with Crippen molar-refractivity contribution in [3.05, 3.63) is 0 Å². The van der Waals surface area contributed by atoms with Gasteiger partial charge in [-0.1, -0.05) is 0 Å². The van der Waals surface area contributed by atoms with Gasteiger partial charge in [-0.3, -0.25) is 4.99 Å². The summed E-state index contributed by atoms with van der Waals surface area (Å²) in [6.45, 7) is 8.54. The zero-order valence-electron chi connectivity index (χ0n) is 11.0. The Morgan fingerprint density at radius 1 is 1.35 bits per heavy atom. The Morgan fingerprint density at radius 3 is 2.53 bits per heavy atom. The Kier molecular flexibility index (Phi) is 9.91. The number of ether oxygens (including phenoxy) is 1. The number of halogens is 1. The van der Waals surface area contributed by atoms with Gasteiger partial charge in [-0.15, -0.1) is 24.0 Å². The summed E-state index contributed by atoms with van der Waals surface area (Å²) < 4.78 is 5.53. The van der Waals surface area contributed by atoms with E-state index < -0.39 is 0 Å². The minimum absolute atomic E-state index is 0. The molecule has 1 saturated carbocycles. The van der Waals surface area contributed by atoms with E-state index >= 15 is 0 Å². The van der Waals surface area contributed by atoms with Crippen LogP contribution in [0.25, 0.3) is 0 Å². The number of hydrogen-bond acceptors (Lipinski definition) is 2. The average molecular weight is 355 g/mol. The highest BCUT2D eigenvalue weighted by Gasteiger charge is 2.20. The minimum Gasteiger partial charge on any atom is -0.381 e. The highest BCUT2D eigenvalue weighted by atomic mass is 127. The molecule has 1 aliphatic rings. The van der Waals surface area contributed by atoms with E-state index in [9.17, 15) is 0 Å². The summed E-state index contributed by atoms with van der Waals surface area (Å²) in [6, 6.07) is 0. The van der Waals surface area contributed by atoms with E-state index in [0.29, 0.717) is 5.96 Å². The van der Waals surface area contributed by atoms with Crippen LogP contribution >= 0.6 is 24.0 Å². The standard InChI is InChI=1S/C12H25N3O.HI/c1-3-15(4-2)12(13)14-8-5-9-16-10-11-6-7-11;/h11H,3-10H2,1-2H3,(H2,13,14);1H. The molecule has 5 heteroatoms. The Balaban J connectivity index is 0.00000256. The molecular formula is C12H26IN3O. The summed E-state index contributed by atoms with van der Waals surface area (Å²) in [7, 11) is 0. The number of aliphatic imine (C=N–C) groups is 1. The monoisotopic (exact) mass is 355 g/mol. The highest BCUT2D eigenvalue weighted by molar-refractivity contribution is 14.0. The van der Waals surface area contributed by atoms with E-state index in [1.807, 2.05) is 0 Å². The summed E-state index contributed by atoms with van der Waals surface area (Å²) in [6.07, 6.45) is 3.68. The number of nitrogens with two attached hydrogens (primary N) is 1. The van der Waals surface area contributed by atoms with Crippen LogP contribution < -0.4 is 5.73 Å². The second kappa shape index (κ2) is 9.94. The molecule has 0 unspecified atom stereocenters. The van der Waals surface area contributed by atoms with Gasteiger partial charge in [0.1, 0.15) is 0 Å². The van der Waals surface area contributed by atoms with Crippen molar-refractivity contribution in [1.82, 2.24) is 4.90 Å². The molecule has 17 heavy (non-hydrogen) atoms. The molecule has 0 aliphatic heterocycles. The molecule has 2 N–H and O–H groups in total. The number of rotatable bonds is 8. The van der Waals surface area contributed by atoms with Gasteiger partial charge in [0.05, 0.1) is 0 Å². The van der Waals surface area contributed by atoms with Crippen LogP contribution in [-0.2, 0) is 4.74 Å². The first kappa shape index (κ1) is 17.0. The zero-order valence-corrected chi connectivity index (χ0v) is 13.4. The molecule has 1 fully saturated rings. The van der Waals surface area contributed by atoms with Crippen LogP contribution in [0.15, 0.2) is 4.99 Å². The largest absolute Gasteiger partial charge is 0.381 e. The van der Waals surface area contributed by atoms with Crippen LogP contribution in [0.3, 0.4) is 0 Å². The lowest BCUT2D eigenvalue weighted by Crippen LogP contribution is -2.37. The summed E-state index contributed by atoms with van der Waals surface area (Å²) >= 11 is 0. The van der Waals surface area contributed by atoms with Gasteiger partial charge in [0.15, 0.2) is 5.96 Å². The molecule has 0 atom stereocenters. The summed E-state index contributed by atoms with van der Waals surface area (Å²) in [5.41, 5.74) is 5.85. The molecule has 0 bridgehead atoms.